The van der Waals surface area contributed by atoms with Crippen molar-refractivity contribution in [3.8, 4) is 0 Å². The summed E-state index contributed by atoms with van der Waals surface area (Å²) in [6.07, 6.45) is 2.75. The summed E-state index contributed by atoms with van der Waals surface area (Å²) in [5.74, 6) is 0.967. The van der Waals surface area contributed by atoms with Crippen LogP contribution >= 0.6 is 0 Å². The minimum Gasteiger partial charge on any atom is -0.468 e. The van der Waals surface area contributed by atoms with E-state index in [-0.39, 0.29) is 0 Å². The Hall–Kier alpha value is -1.55. The van der Waals surface area contributed by atoms with E-state index in [1.807, 2.05) is 12.1 Å². The molecule has 0 aliphatic heterocycles. The van der Waals surface area contributed by atoms with Crippen molar-refractivity contribution in [3.05, 3.63) is 41.1 Å². The van der Waals surface area contributed by atoms with E-state index in [0.29, 0.717) is 6.04 Å². The van der Waals surface area contributed by atoms with Crippen LogP contribution in [0.25, 0.3) is 0 Å². The summed E-state index contributed by atoms with van der Waals surface area (Å²) in [5.41, 5.74) is 3.81. The summed E-state index contributed by atoms with van der Waals surface area (Å²) in [4.78, 5) is 0. The van der Waals surface area contributed by atoms with Crippen molar-refractivity contribution in [2.75, 3.05) is 6.54 Å². The average molecular weight is 261 g/mol. The van der Waals surface area contributed by atoms with Crippen LogP contribution in [0.2, 0.25) is 0 Å². The minimum atomic E-state index is 0.342. The van der Waals surface area contributed by atoms with Gasteiger partial charge in [0.05, 0.1) is 24.5 Å². The van der Waals surface area contributed by atoms with Gasteiger partial charge in [-0.2, -0.15) is 5.10 Å². The molecule has 0 fully saturated rings. The lowest BCUT2D eigenvalue weighted by molar-refractivity contribution is 0.421. The highest BCUT2D eigenvalue weighted by atomic mass is 16.3. The van der Waals surface area contributed by atoms with Gasteiger partial charge in [-0.3, -0.25) is 4.68 Å². The van der Waals surface area contributed by atoms with Crippen LogP contribution in [0.4, 0.5) is 0 Å². The molecular formula is C15H23N3O. The van der Waals surface area contributed by atoms with Crippen LogP contribution in [0.1, 0.15) is 42.6 Å². The molecule has 4 heteroatoms. The summed E-state index contributed by atoms with van der Waals surface area (Å²) in [6, 6.07) is 4.24. The van der Waals surface area contributed by atoms with Crippen molar-refractivity contribution in [2.45, 2.75) is 46.7 Å². The molecule has 0 aromatic carbocycles. The van der Waals surface area contributed by atoms with Gasteiger partial charge in [-0.05, 0) is 44.9 Å². The number of nitrogens with zero attached hydrogens (tertiary/aromatic N) is 2. The van der Waals surface area contributed by atoms with Gasteiger partial charge in [-0.1, -0.05) is 6.92 Å². The van der Waals surface area contributed by atoms with E-state index in [0.717, 1.165) is 31.0 Å². The van der Waals surface area contributed by atoms with Crippen molar-refractivity contribution in [1.29, 1.82) is 0 Å². The first kappa shape index (κ1) is 13.9. The molecule has 2 heterocycles. The quantitative estimate of drug-likeness (QED) is 0.869. The lowest BCUT2D eigenvalue weighted by atomic mass is 10.1. The Morgan fingerprint density at radius 2 is 2.21 bits per heavy atom. The molecule has 0 spiro atoms. The second kappa shape index (κ2) is 6.06. The molecule has 0 amide bonds. The highest BCUT2D eigenvalue weighted by Gasteiger charge is 2.14. The molecule has 2 aromatic rings. The summed E-state index contributed by atoms with van der Waals surface area (Å²) in [5, 5.41) is 8.06. The highest BCUT2D eigenvalue weighted by molar-refractivity contribution is 5.24. The molecule has 0 saturated heterocycles. The van der Waals surface area contributed by atoms with Gasteiger partial charge in [0.25, 0.3) is 0 Å². The normalized spacial score (nSPS) is 12.8. The first-order valence-electron chi connectivity index (χ1n) is 6.91. The number of nitrogens with one attached hydrogen (secondary N) is 1. The van der Waals surface area contributed by atoms with Crippen molar-refractivity contribution in [1.82, 2.24) is 15.1 Å². The summed E-state index contributed by atoms with van der Waals surface area (Å²) < 4.78 is 7.43. The van der Waals surface area contributed by atoms with E-state index in [1.54, 1.807) is 6.26 Å². The van der Waals surface area contributed by atoms with Crippen molar-refractivity contribution >= 4 is 0 Å². The molecule has 1 atom stereocenters. The molecule has 104 valence electrons. The Bertz CT molecular complexity index is 514. The third-order valence-electron chi connectivity index (χ3n) is 3.56. The molecule has 0 bridgehead atoms. The van der Waals surface area contributed by atoms with Gasteiger partial charge in [0.2, 0.25) is 0 Å². The Labute approximate surface area is 114 Å². The molecule has 0 radical (unpaired) electrons. The fraction of sp³-hybridized carbons (Fsp3) is 0.533. The van der Waals surface area contributed by atoms with Gasteiger partial charge >= 0.3 is 0 Å². The smallest absolute Gasteiger partial charge is 0.117 e. The van der Waals surface area contributed by atoms with Gasteiger partial charge in [-0.25, -0.2) is 0 Å². The maximum atomic E-state index is 5.30. The van der Waals surface area contributed by atoms with E-state index in [2.05, 4.69) is 42.8 Å². The van der Waals surface area contributed by atoms with E-state index in [9.17, 15) is 0 Å². The number of aryl methyl sites for hydroxylation is 1. The molecule has 2 aromatic heterocycles. The van der Waals surface area contributed by atoms with Crippen LogP contribution in [-0.4, -0.2) is 16.3 Å². The van der Waals surface area contributed by atoms with Gasteiger partial charge in [0.15, 0.2) is 0 Å². The van der Waals surface area contributed by atoms with Crippen molar-refractivity contribution in [3.63, 3.8) is 0 Å². The SMILES string of the molecule is CCc1c(C)nn(C(C)CNCc2ccco2)c1C. The second-order valence-corrected chi connectivity index (χ2v) is 5.01. The predicted octanol–water partition coefficient (Wildman–Crippen LogP) is 3.01. The van der Waals surface area contributed by atoms with Crippen LogP contribution in [0.15, 0.2) is 22.8 Å². The second-order valence-electron chi connectivity index (χ2n) is 5.01. The van der Waals surface area contributed by atoms with Gasteiger partial charge in [-0.15, -0.1) is 0 Å². The first-order chi connectivity index (χ1) is 9.13. The fourth-order valence-electron chi connectivity index (χ4n) is 2.54. The number of hydrogen-bond acceptors (Lipinski definition) is 3. The fourth-order valence-corrected chi connectivity index (χ4v) is 2.54. The van der Waals surface area contributed by atoms with Crippen molar-refractivity contribution in [2.24, 2.45) is 0 Å². The van der Waals surface area contributed by atoms with Gasteiger partial charge in [0.1, 0.15) is 5.76 Å². The monoisotopic (exact) mass is 261 g/mol. The maximum Gasteiger partial charge on any atom is 0.117 e. The Morgan fingerprint density at radius 1 is 1.42 bits per heavy atom. The number of aromatic nitrogens is 2. The molecule has 19 heavy (non-hydrogen) atoms. The molecule has 1 N–H and O–H groups in total. The van der Waals surface area contributed by atoms with E-state index < -0.39 is 0 Å². The zero-order valence-corrected chi connectivity index (χ0v) is 12.2. The molecule has 0 saturated carbocycles. The Morgan fingerprint density at radius 3 is 2.79 bits per heavy atom. The van der Waals surface area contributed by atoms with Crippen LogP contribution < -0.4 is 5.32 Å². The van der Waals surface area contributed by atoms with Crippen molar-refractivity contribution < 1.29 is 4.42 Å². The number of rotatable bonds is 6. The Balaban J connectivity index is 1.94. The summed E-state index contributed by atoms with van der Waals surface area (Å²) in [6.45, 7) is 10.3. The first-order valence-corrected chi connectivity index (χ1v) is 6.91. The number of furan rings is 1. The zero-order valence-electron chi connectivity index (χ0n) is 12.2. The molecule has 0 aliphatic carbocycles. The van der Waals surface area contributed by atoms with E-state index >= 15 is 0 Å². The third kappa shape index (κ3) is 3.07. The topological polar surface area (TPSA) is 43.0 Å². The van der Waals surface area contributed by atoms with Gasteiger partial charge in [0, 0.05) is 12.2 Å². The Kier molecular flexibility index (Phi) is 4.43. The van der Waals surface area contributed by atoms with Crippen LogP contribution in [-0.2, 0) is 13.0 Å². The van der Waals surface area contributed by atoms with Gasteiger partial charge < -0.3 is 9.73 Å². The molecule has 0 aliphatic rings. The van der Waals surface area contributed by atoms with E-state index in [4.69, 9.17) is 4.42 Å². The average Bonchev–Trinajstić information content (AvgIpc) is 2.98. The highest BCUT2D eigenvalue weighted by Crippen LogP contribution is 2.17. The summed E-state index contributed by atoms with van der Waals surface area (Å²) in [7, 11) is 0. The lowest BCUT2D eigenvalue weighted by Crippen LogP contribution is -2.24. The molecule has 1 unspecified atom stereocenters. The van der Waals surface area contributed by atoms with E-state index in [1.165, 1.54) is 11.3 Å². The molecule has 2 rings (SSSR count). The van der Waals surface area contributed by atoms with Crippen LogP contribution in [0.5, 0.6) is 0 Å². The zero-order chi connectivity index (χ0) is 13.8. The number of hydrogen-bond donors (Lipinski definition) is 1. The maximum absolute atomic E-state index is 5.30. The molecular weight excluding hydrogens is 238 g/mol. The van der Waals surface area contributed by atoms with Crippen LogP contribution in [0, 0.1) is 13.8 Å². The summed E-state index contributed by atoms with van der Waals surface area (Å²) >= 11 is 0. The largest absolute Gasteiger partial charge is 0.468 e. The van der Waals surface area contributed by atoms with Crippen LogP contribution in [0.3, 0.4) is 0 Å². The standard InChI is InChI=1S/C15H23N3O/c1-5-15-12(3)17-18(13(15)4)11(2)9-16-10-14-7-6-8-19-14/h6-8,11,16H,5,9-10H2,1-4H3. The molecule has 4 nitrogen and oxygen atoms in total. The predicted molar refractivity (Wildman–Crippen MR) is 76.2 cm³/mol. The lowest BCUT2D eigenvalue weighted by Gasteiger charge is -2.15. The third-order valence-corrected chi connectivity index (χ3v) is 3.56. The minimum absolute atomic E-state index is 0.342.